The molecule has 1 aliphatic heterocycles. The van der Waals surface area contributed by atoms with E-state index in [1.165, 1.54) is 0 Å². The summed E-state index contributed by atoms with van der Waals surface area (Å²) in [5.41, 5.74) is 1.10. The minimum absolute atomic E-state index is 0.117. The lowest BCUT2D eigenvalue weighted by atomic mass is 10.1. The summed E-state index contributed by atoms with van der Waals surface area (Å²) in [5.74, 6) is -0.232. The van der Waals surface area contributed by atoms with Crippen molar-refractivity contribution in [3.8, 4) is 0 Å². The smallest absolute Gasteiger partial charge is 0.304 e. The van der Waals surface area contributed by atoms with Crippen molar-refractivity contribution < 1.29 is 4.79 Å². The van der Waals surface area contributed by atoms with Crippen molar-refractivity contribution in [3.63, 3.8) is 0 Å². The van der Waals surface area contributed by atoms with Crippen LogP contribution in [0.1, 0.15) is 35.1 Å². The van der Waals surface area contributed by atoms with E-state index in [4.69, 9.17) is 0 Å². The van der Waals surface area contributed by atoms with Crippen LogP contribution in [0, 0.1) is 0 Å². The molecule has 3 rings (SSSR count). The first-order chi connectivity index (χ1) is 10.2. The van der Waals surface area contributed by atoms with Crippen LogP contribution in [0.15, 0.2) is 22.4 Å². The number of aromatic amines is 1. The van der Waals surface area contributed by atoms with Crippen molar-refractivity contribution in [2.45, 2.75) is 25.4 Å². The summed E-state index contributed by atoms with van der Waals surface area (Å²) in [6.07, 6.45) is 4.04. The van der Waals surface area contributed by atoms with Crippen LogP contribution in [0.25, 0.3) is 0 Å². The van der Waals surface area contributed by atoms with Crippen LogP contribution in [-0.2, 0) is 6.54 Å². The predicted molar refractivity (Wildman–Crippen MR) is 79.5 cm³/mol. The van der Waals surface area contributed by atoms with Crippen LogP contribution in [0.4, 0.5) is 0 Å². The van der Waals surface area contributed by atoms with Gasteiger partial charge in [0.1, 0.15) is 5.69 Å². The first-order valence-corrected chi connectivity index (χ1v) is 7.81. The molecule has 8 heteroatoms. The zero-order chi connectivity index (χ0) is 14.7. The Balaban J connectivity index is 1.59. The quantitative estimate of drug-likeness (QED) is 0.766. The number of piperidine rings is 1. The number of nitrogens with zero attached hydrogens (tertiary/aromatic N) is 2. The minimum atomic E-state index is -0.232. The molecular weight excluding hydrogens is 290 g/mol. The largest absolute Gasteiger partial charge is 0.345 e. The molecule has 1 atom stereocenters. The van der Waals surface area contributed by atoms with Gasteiger partial charge in [0.25, 0.3) is 5.91 Å². The second kappa shape index (κ2) is 6.23. The van der Waals surface area contributed by atoms with Gasteiger partial charge in [-0.05, 0) is 25.5 Å². The Kier molecular flexibility index (Phi) is 4.16. The molecule has 1 fully saturated rings. The van der Waals surface area contributed by atoms with Crippen molar-refractivity contribution >= 4 is 17.2 Å². The Labute approximate surface area is 125 Å². The lowest BCUT2D eigenvalue weighted by molar-refractivity contribution is 0.0944. The number of H-pyrrole nitrogens is 1. The molecule has 3 N–H and O–H groups in total. The zero-order valence-corrected chi connectivity index (χ0v) is 12.3. The van der Waals surface area contributed by atoms with E-state index in [2.05, 4.69) is 20.7 Å². The highest BCUT2D eigenvalue weighted by molar-refractivity contribution is 7.07. The van der Waals surface area contributed by atoms with Crippen LogP contribution >= 0.6 is 11.3 Å². The van der Waals surface area contributed by atoms with Crippen LogP contribution < -0.4 is 15.5 Å². The van der Waals surface area contributed by atoms with E-state index in [1.807, 2.05) is 10.9 Å². The third-order valence-corrected chi connectivity index (χ3v) is 4.21. The van der Waals surface area contributed by atoms with E-state index in [0.717, 1.165) is 37.3 Å². The number of amides is 1. The average Bonchev–Trinajstić information content (AvgIpc) is 3.15. The predicted octanol–water partition coefficient (Wildman–Crippen LogP) is 0.487. The monoisotopic (exact) mass is 307 g/mol. The molecule has 7 nitrogen and oxygen atoms in total. The molecule has 21 heavy (non-hydrogen) atoms. The number of rotatable bonds is 4. The Hall–Kier alpha value is -1.93. The Bertz CT molecular complexity index is 668. The molecule has 0 aromatic carbocycles. The summed E-state index contributed by atoms with van der Waals surface area (Å²) < 4.78 is 1.85. The third-order valence-electron chi connectivity index (χ3n) is 3.50. The maximum Gasteiger partial charge on any atom is 0.304 e. The first kappa shape index (κ1) is 14.0. The highest BCUT2D eigenvalue weighted by Crippen LogP contribution is 2.15. The van der Waals surface area contributed by atoms with Gasteiger partial charge in [-0.1, -0.05) is 11.3 Å². The van der Waals surface area contributed by atoms with Gasteiger partial charge in [0.15, 0.2) is 0 Å². The fourth-order valence-electron chi connectivity index (χ4n) is 2.39. The molecule has 1 amide bonds. The highest BCUT2D eigenvalue weighted by atomic mass is 32.1. The van der Waals surface area contributed by atoms with Crippen LogP contribution in [0.3, 0.4) is 0 Å². The number of carbonyl (C=O) groups is 1. The molecule has 0 spiro atoms. The summed E-state index contributed by atoms with van der Waals surface area (Å²) in [7, 11) is 0. The lowest BCUT2D eigenvalue weighted by Crippen LogP contribution is -2.32. The van der Waals surface area contributed by atoms with Gasteiger partial charge in [0.2, 0.25) is 0 Å². The number of carbonyl (C=O) groups excluding carboxylic acids is 1. The first-order valence-electron chi connectivity index (χ1n) is 6.93. The van der Waals surface area contributed by atoms with Crippen molar-refractivity contribution in [3.05, 3.63) is 38.7 Å². The Morgan fingerprint density at radius 1 is 1.57 bits per heavy atom. The van der Waals surface area contributed by atoms with Crippen molar-refractivity contribution in [2.24, 2.45) is 0 Å². The van der Waals surface area contributed by atoms with E-state index in [9.17, 15) is 9.59 Å². The van der Waals surface area contributed by atoms with Gasteiger partial charge in [0, 0.05) is 23.8 Å². The molecule has 0 radical (unpaired) electrons. The van der Waals surface area contributed by atoms with E-state index in [0.29, 0.717) is 24.0 Å². The number of hydrogen-bond donors (Lipinski definition) is 3. The molecule has 1 saturated heterocycles. The second-order valence-corrected chi connectivity index (χ2v) is 5.88. The molecule has 112 valence electrons. The standard InChI is InChI=1S/C13H17N5O2S/c19-12(15-6-9-8-21-13(20)16-9)11-3-5-18(17-11)10-2-1-4-14-7-10/h3,5,8,10,14H,1-2,4,6-7H2,(H,15,19)(H,16,20). The van der Waals surface area contributed by atoms with Crippen LogP contribution in [-0.4, -0.2) is 33.8 Å². The number of thiazole rings is 1. The number of hydrogen-bond acceptors (Lipinski definition) is 5. The SMILES string of the molecule is O=C(NCc1csc(=O)[nH]1)c1ccn(C2CCCNC2)n1. The van der Waals surface area contributed by atoms with Gasteiger partial charge >= 0.3 is 4.87 Å². The zero-order valence-electron chi connectivity index (χ0n) is 11.5. The molecule has 0 aliphatic carbocycles. The maximum atomic E-state index is 12.0. The van der Waals surface area contributed by atoms with E-state index >= 15 is 0 Å². The van der Waals surface area contributed by atoms with Gasteiger partial charge in [-0.3, -0.25) is 14.3 Å². The average molecular weight is 307 g/mol. The van der Waals surface area contributed by atoms with Crippen molar-refractivity contribution in [1.29, 1.82) is 0 Å². The Morgan fingerprint density at radius 2 is 2.48 bits per heavy atom. The van der Waals surface area contributed by atoms with Gasteiger partial charge < -0.3 is 15.6 Å². The third kappa shape index (κ3) is 3.40. The summed E-state index contributed by atoms with van der Waals surface area (Å²) >= 11 is 1.09. The molecule has 1 aliphatic rings. The van der Waals surface area contributed by atoms with Gasteiger partial charge in [-0.2, -0.15) is 5.10 Å². The molecular formula is C13H17N5O2S. The molecule has 1 unspecified atom stereocenters. The van der Waals surface area contributed by atoms with Crippen LogP contribution in [0.5, 0.6) is 0 Å². The second-order valence-electron chi connectivity index (χ2n) is 5.04. The summed E-state index contributed by atoms with van der Waals surface area (Å²) in [5, 5.41) is 12.1. The Morgan fingerprint density at radius 3 is 3.19 bits per heavy atom. The topological polar surface area (TPSA) is 91.8 Å². The molecule has 0 saturated carbocycles. The van der Waals surface area contributed by atoms with Crippen molar-refractivity contribution in [1.82, 2.24) is 25.4 Å². The lowest BCUT2D eigenvalue weighted by Gasteiger charge is -2.22. The van der Waals surface area contributed by atoms with Crippen LogP contribution in [0.2, 0.25) is 0 Å². The summed E-state index contributed by atoms with van der Waals surface area (Å²) in [6, 6.07) is 2.04. The van der Waals surface area contributed by atoms with Gasteiger partial charge in [0.05, 0.1) is 12.6 Å². The number of aromatic nitrogens is 3. The van der Waals surface area contributed by atoms with E-state index in [1.54, 1.807) is 11.4 Å². The van der Waals surface area contributed by atoms with Gasteiger partial charge in [-0.25, -0.2) is 0 Å². The highest BCUT2D eigenvalue weighted by Gasteiger charge is 2.17. The molecule has 0 bridgehead atoms. The normalized spacial score (nSPS) is 18.6. The fourth-order valence-corrected chi connectivity index (χ4v) is 2.97. The molecule has 2 aromatic rings. The molecule has 3 heterocycles. The minimum Gasteiger partial charge on any atom is -0.345 e. The van der Waals surface area contributed by atoms with E-state index < -0.39 is 0 Å². The van der Waals surface area contributed by atoms with E-state index in [-0.39, 0.29) is 10.8 Å². The summed E-state index contributed by atoms with van der Waals surface area (Å²) in [6.45, 7) is 2.23. The number of nitrogens with one attached hydrogen (secondary N) is 3. The molecule has 2 aromatic heterocycles. The van der Waals surface area contributed by atoms with Crippen molar-refractivity contribution in [2.75, 3.05) is 13.1 Å². The maximum absolute atomic E-state index is 12.0. The fraction of sp³-hybridized carbons (Fsp3) is 0.462. The summed E-state index contributed by atoms with van der Waals surface area (Å²) in [4.78, 5) is 25.6. The van der Waals surface area contributed by atoms with Gasteiger partial charge in [-0.15, -0.1) is 0 Å².